The Kier molecular flexibility index (Phi) is 6.35. The highest BCUT2D eigenvalue weighted by Gasteiger charge is 2.40. The smallest absolute Gasteiger partial charge is 0.227 e. The molecular weight excluding hydrogens is 350 g/mol. The molecule has 0 bridgehead atoms. The number of nitrogens with zero attached hydrogens (tertiary/aromatic N) is 1. The second kappa shape index (κ2) is 7.97. The van der Waals surface area contributed by atoms with E-state index in [9.17, 15) is 9.59 Å². The third kappa shape index (κ3) is 3.89. The fourth-order valence-corrected chi connectivity index (χ4v) is 4.49. The van der Waals surface area contributed by atoms with Crippen molar-refractivity contribution in [3.05, 3.63) is 28.8 Å². The molecule has 144 valence electrons. The molecule has 26 heavy (non-hydrogen) atoms. The van der Waals surface area contributed by atoms with Crippen LogP contribution in [0.1, 0.15) is 48.8 Å². The number of nitrogens with one attached hydrogen (secondary N) is 1. The molecule has 3 rings (SSSR count). The Labute approximate surface area is 162 Å². The summed E-state index contributed by atoms with van der Waals surface area (Å²) < 4.78 is 0. The van der Waals surface area contributed by atoms with E-state index in [2.05, 4.69) is 24.4 Å². The molecule has 1 aliphatic heterocycles. The second-order valence-electron chi connectivity index (χ2n) is 7.83. The van der Waals surface area contributed by atoms with Gasteiger partial charge in [-0.1, -0.05) is 30.5 Å². The molecule has 2 fully saturated rings. The Hall–Kier alpha value is -1.59. The van der Waals surface area contributed by atoms with E-state index in [1.54, 1.807) is 4.90 Å². The lowest BCUT2D eigenvalue weighted by atomic mass is 9.96. The van der Waals surface area contributed by atoms with Gasteiger partial charge < -0.3 is 16.0 Å². The molecule has 1 aliphatic carbocycles. The predicted molar refractivity (Wildman–Crippen MR) is 107 cm³/mol. The minimum absolute atomic E-state index is 0. The van der Waals surface area contributed by atoms with E-state index < -0.39 is 0 Å². The second-order valence-corrected chi connectivity index (χ2v) is 7.83. The van der Waals surface area contributed by atoms with Crippen molar-refractivity contribution >= 4 is 29.9 Å². The van der Waals surface area contributed by atoms with Gasteiger partial charge in [0.15, 0.2) is 0 Å². The van der Waals surface area contributed by atoms with Crippen LogP contribution in [0.3, 0.4) is 0 Å². The summed E-state index contributed by atoms with van der Waals surface area (Å²) in [4.78, 5) is 27.1. The molecule has 5 nitrogen and oxygen atoms in total. The number of nitrogens with two attached hydrogens (primary N) is 1. The molecule has 1 unspecified atom stereocenters. The fraction of sp³-hybridized carbons (Fsp3) is 0.600. The fourth-order valence-electron chi connectivity index (χ4n) is 4.49. The zero-order valence-electron chi connectivity index (χ0n) is 15.9. The lowest BCUT2D eigenvalue weighted by Crippen LogP contribution is -2.53. The Balaban J connectivity index is 0.00000243. The Morgan fingerprint density at radius 3 is 2.35 bits per heavy atom. The van der Waals surface area contributed by atoms with Crippen LogP contribution in [0.4, 0.5) is 5.69 Å². The van der Waals surface area contributed by atoms with Crippen molar-refractivity contribution in [1.82, 2.24) is 5.32 Å². The van der Waals surface area contributed by atoms with Gasteiger partial charge in [-0.05, 0) is 44.7 Å². The van der Waals surface area contributed by atoms with Crippen LogP contribution in [0.2, 0.25) is 0 Å². The summed E-state index contributed by atoms with van der Waals surface area (Å²) >= 11 is 0. The minimum atomic E-state index is -0.295. The van der Waals surface area contributed by atoms with E-state index in [1.807, 2.05) is 13.8 Å². The van der Waals surface area contributed by atoms with Crippen LogP contribution in [-0.4, -0.2) is 30.4 Å². The molecule has 0 aromatic heterocycles. The summed E-state index contributed by atoms with van der Waals surface area (Å²) in [5.41, 5.74) is 9.98. The monoisotopic (exact) mass is 379 g/mol. The van der Waals surface area contributed by atoms with Gasteiger partial charge >= 0.3 is 0 Å². The lowest BCUT2D eigenvalue weighted by Gasteiger charge is -2.30. The molecular formula is C20H30ClN3O2. The first-order valence-electron chi connectivity index (χ1n) is 9.25. The van der Waals surface area contributed by atoms with Crippen LogP contribution >= 0.6 is 12.4 Å². The molecule has 3 N–H and O–H groups in total. The van der Waals surface area contributed by atoms with E-state index in [4.69, 9.17) is 5.73 Å². The average Bonchev–Trinajstić information content (AvgIpc) is 3.14. The maximum absolute atomic E-state index is 12.8. The molecule has 1 saturated heterocycles. The van der Waals surface area contributed by atoms with Gasteiger partial charge in [0.1, 0.15) is 0 Å². The highest BCUT2D eigenvalue weighted by atomic mass is 35.5. The zero-order chi connectivity index (χ0) is 18.2. The van der Waals surface area contributed by atoms with Crippen molar-refractivity contribution in [3.8, 4) is 0 Å². The Bertz CT molecular complexity index is 675. The van der Waals surface area contributed by atoms with Crippen molar-refractivity contribution in [3.63, 3.8) is 0 Å². The van der Waals surface area contributed by atoms with E-state index in [1.165, 1.54) is 5.56 Å². The van der Waals surface area contributed by atoms with Crippen LogP contribution in [-0.2, 0) is 9.59 Å². The first kappa shape index (κ1) is 20.7. The molecule has 2 amide bonds. The predicted octanol–water partition coefficient (Wildman–Crippen LogP) is 2.77. The van der Waals surface area contributed by atoms with Crippen molar-refractivity contribution in [1.29, 1.82) is 0 Å². The van der Waals surface area contributed by atoms with Crippen LogP contribution in [0.25, 0.3) is 0 Å². The van der Waals surface area contributed by atoms with Gasteiger partial charge in [-0.25, -0.2) is 0 Å². The van der Waals surface area contributed by atoms with Gasteiger partial charge in [-0.3, -0.25) is 9.59 Å². The number of hydrogen-bond donors (Lipinski definition) is 2. The number of anilines is 1. The third-order valence-electron chi connectivity index (χ3n) is 5.74. The van der Waals surface area contributed by atoms with Gasteiger partial charge in [0.05, 0.1) is 11.5 Å². The zero-order valence-corrected chi connectivity index (χ0v) is 16.7. The molecule has 0 spiro atoms. The van der Waals surface area contributed by atoms with Gasteiger partial charge in [0.25, 0.3) is 0 Å². The normalized spacial score (nSPS) is 21.6. The molecule has 1 aromatic rings. The maximum atomic E-state index is 12.8. The summed E-state index contributed by atoms with van der Waals surface area (Å²) in [5.74, 6) is -0.286. The quantitative estimate of drug-likeness (QED) is 0.844. The van der Waals surface area contributed by atoms with Crippen molar-refractivity contribution in [2.45, 2.75) is 58.4 Å². The summed E-state index contributed by atoms with van der Waals surface area (Å²) in [6.07, 6.45) is 4.37. The third-order valence-corrected chi connectivity index (χ3v) is 5.74. The first-order valence-corrected chi connectivity index (χ1v) is 9.25. The first-order chi connectivity index (χ1) is 11.8. The summed E-state index contributed by atoms with van der Waals surface area (Å²) in [7, 11) is 0. The number of halogens is 1. The molecule has 0 radical (unpaired) electrons. The van der Waals surface area contributed by atoms with Crippen molar-refractivity contribution in [2.24, 2.45) is 11.7 Å². The number of amides is 2. The number of benzene rings is 1. The van der Waals surface area contributed by atoms with Gasteiger partial charge in [-0.2, -0.15) is 0 Å². The van der Waals surface area contributed by atoms with Gasteiger partial charge in [0, 0.05) is 25.2 Å². The number of carbonyl (C=O) groups excluding carboxylic acids is 2. The van der Waals surface area contributed by atoms with Gasteiger partial charge in [0.2, 0.25) is 11.8 Å². The number of hydrogen-bond acceptors (Lipinski definition) is 3. The van der Waals surface area contributed by atoms with Crippen molar-refractivity contribution < 1.29 is 9.59 Å². The molecule has 1 heterocycles. The summed E-state index contributed by atoms with van der Waals surface area (Å²) in [5, 5.41) is 3.17. The topological polar surface area (TPSA) is 75.4 Å². The van der Waals surface area contributed by atoms with E-state index in [0.717, 1.165) is 42.5 Å². The van der Waals surface area contributed by atoms with E-state index >= 15 is 0 Å². The molecule has 2 aliphatic rings. The summed E-state index contributed by atoms with van der Waals surface area (Å²) in [6.45, 7) is 7.03. The number of carbonyl (C=O) groups is 2. The van der Waals surface area contributed by atoms with Crippen LogP contribution in [0.5, 0.6) is 0 Å². The molecule has 1 aromatic carbocycles. The van der Waals surface area contributed by atoms with Crippen LogP contribution in [0.15, 0.2) is 12.1 Å². The standard InChI is InChI=1S/C20H29N3O2.ClH/c1-13-8-14(2)18(15(3)9-13)23-11-16(10-17(23)24)19(25)22-20(12-21)6-4-5-7-20;/h8-9,16H,4-7,10-12,21H2,1-3H3,(H,22,25);1H. The summed E-state index contributed by atoms with van der Waals surface area (Å²) in [6, 6.07) is 4.18. The minimum Gasteiger partial charge on any atom is -0.349 e. The molecule has 6 heteroatoms. The van der Waals surface area contributed by atoms with Crippen molar-refractivity contribution in [2.75, 3.05) is 18.0 Å². The lowest BCUT2D eigenvalue weighted by molar-refractivity contribution is -0.127. The van der Waals surface area contributed by atoms with Gasteiger partial charge in [-0.15, -0.1) is 12.4 Å². The van der Waals surface area contributed by atoms with E-state index in [0.29, 0.717) is 13.1 Å². The molecule has 1 atom stereocenters. The average molecular weight is 380 g/mol. The number of aryl methyl sites for hydroxylation is 3. The number of rotatable bonds is 4. The Morgan fingerprint density at radius 2 is 1.81 bits per heavy atom. The molecule has 1 saturated carbocycles. The van der Waals surface area contributed by atoms with Crippen LogP contribution in [0, 0.1) is 26.7 Å². The Morgan fingerprint density at radius 1 is 1.23 bits per heavy atom. The maximum Gasteiger partial charge on any atom is 0.227 e. The highest BCUT2D eigenvalue weighted by Crippen LogP contribution is 2.33. The van der Waals surface area contributed by atoms with Crippen LogP contribution < -0.4 is 16.0 Å². The van der Waals surface area contributed by atoms with E-state index in [-0.39, 0.29) is 42.1 Å². The largest absolute Gasteiger partial charge is 0.349 e. The SMILES string of the molecule is Cc1cc(C)c(N2CC(C(=O)NC3(CN)CCCC3)CC2=O)c(C)c1.Cl. The highest BCUT2D eigenvalue weighted by molar-refractivity contribution is 6.01.